The third-order valence-electron chi connectivity index (χ3n) is 3.18. The molecule has 0 saturated carbocycles. The number of nitrogens with two attached hydrogens (primary N) is 1. The number of hydrogen-bond acceptors (Lipinski definition) is 2. The first-order chi connectivity index (χ1) is 9.78. The van der Waals surface area contributed by atoms with Crippen molar-refractivity contribution in [1.29, 1.82) is 0 Å². The maximum Gasteiger partial charge on any atom is 0.406 e. The molecule has 21 heavy (non-hydrogen) atoms. The van der Waals surface area contributed by atoms with Crippen LogP contribution >= 0.6 is 0 Å². The highest BCUT2D eigenvalue weighted by atomic mass is 19.4. The molecule has 0 spiro atoms. The van der Waals surface area contributed by atoms with E-state index in [9.17, 15) is 22.4 Å². The Balaban J connectivity index is 2.94. The van der Waals surface area contributed by atoms with Gasteiger partial charge < -0.3 is 10.6 Å². The highest BCUT2D eigenvalue weighted by Gasteiger charge is 2.33. The Morgan fingerprint density at radius 1 is 1.33 bits per heavy atom. The lowest BCUT2D eigenvalue weighted by Gasteiger charge is -2.28. The van der Waals surface area contributed by atoms with Gasteiger partial charge in [-0.25, -0.2) is 4.39 Å². The van der Waals surface area contributed by atoms with Gasteiger partial charge in [-0.2, -0.15) is 13.2 Å². The summed E-state index contributed by atoms with van der Waals surface area (Å²) in [7, 11) is 0. The summed E-state index contributed by atoms with van der Waals surface area (Å²) in [5.74, 6) is -1.80. The van der Waals surface area contributed by atoms with Crippen molar-refractivity contribution in [2.45, 2.75) is 25.4 Å². The van der Waals surface area contributed by atoms with Crippen LogP contribution in [-0.2, 0) is 4.79 Å². The van der Waals surface area contributed by atoms with E-state index in [4.69, 9.17) is 5.73 Å². The zero-order chi connectivity index (χ0) is 16.0. The summed E-state index contributed by atoms with van der Waals surface area (Å²) in [6.07, 6.45) is -4.11. The summed E-state index contributed by atoms with van der Waals surface area (Å²) >= 11 is 0. The Morgan fingerprint density at radius 2 is 1.95 bits per heavy atom. The van der Waals surface area contributed by atoms with Crippen LogP contribution in [0.2, 0.25) is 0 Å². The van der Waals surface area contributed by atoms with Gasteiger partial charge in [-0.15, -0.1) is 0 Å². The second kappa shape index (κ2) is 7.40. The van der Waals surface area contributed by atoms with E-state index in [1.807, 2.05) is 0 Å². The fraction of sp³-hybridized carbons (Fsp3) is 0.500. The first-order valence-electron chi connectivity index (χ1n) is 6.57. The quantitative estimate of drug-likeness (QED) is 0.821. The Labute approximate surface area is 120 Å². The molecule has 0 radical (unpaired) electrons. The van der Waals surface area contributed by atoms with Crippen LogP contribution in [0.5, 0.6) is 0 Å². The summed E-state index contributed by atoms with van der Waals surface area (Å²) in [6.45, 7) is -0.374. The van der Waals surface area contributed by atoms with E-state index in [0.717, 1.165) is 0 Å². The van der Waals surface area contributed by atoms with Gasteiger partial charge in [0.2, 0.25) is 5.91 Å². The van der Waals surface area contributed by atoms with Crippen molar-refractivity contribution in [1.82, 2.24) is 4.90 Å². The number of halogens is 4. The minimum absolute atomic E-state index is 0.215. The van der Waals surface area contributed by atoms with E-state index in [1.54, 1.807) is 13.0 Å². The van der Waals surface area contributed by atoms with Gasteiger partial charge in [-0.1, -0.05) is 25.1 Å². The maximum absolute atomic E-state index is 13.7. The van der Waals surface area contributed by atoms with E-state index >= 15 is 0 Å². The molecule has 0 aliphatic heterocycles. The number of benzene rings is 1. The Bertz CT molecular complexity index is 476. The molecule has 3 nitrogen and oxygen atoms in total. The topological polar surface area (TPSA) is 46.3 Å². The summed E-state index contributed by atoms with van der Waals surface area (Å²) < 4.78 is 51.3. The summed E-state index contributed by atoms with van der Waals surface area (Å²) in [5, 5.41) is 0. The molecule has 1 rings (SSSR count). The number of hydrogen-bond donors (Lipinski definition) is 1. The average molecular weight is 306 g/mol. The van der Waals surface area contributed by atoms with Crippen molar-refractivity contribution in [3.8, 4) is 0 Å². The van der Waals surface area contributed by atoms with Gasteiger partial charge in [0, 0.05) is 12.5 Å². The zero-order valence-electron chi connectivity index (χ0n) is 11.7. The van der Waals surface area contributed by atoms with Crippen LogP contribution < -0.4 is 5.73 Å². The number of nitrogens with zero attached hydrogens (tertiary/aromatic N) is 1. The van der Waals surface area contributed by atoms with Gasteiger partial charge in [-0.05, 0) is 18.1 Å². The van der Waals surface area contributed by atoms with Crippen molar-refractivity contribution >= 4 is 5.91 Å². The Hall–Kier alpha value is -1.63. The molecule has 1 amide bonds. The summed E-state index contributed by atoms with van der Waals surface area (Å²) in [4.78, 5) is 12.2. The molecule has 1 aromatic rings. The van der Waals surface area contributed by atoms with Crippen molar-refractivity contribution < 1.29 is 22.4 Å². The summed E-state index contributed by atoms with van der Waals surface area (Å²) in [6, 6.07) is 5.88. The minimum atomic E-state index is -4.52. The number of rotatable bonds is 6. The predicted octanol–water partition coefficient (Wildman–Crippen LogP) is 2.67. The molecule has 0 unspecified atom stereocenters. The van der Waals surface area contributed by atoms with Crippen LogP contribution in [0.15, 0.2) is 24.3 Å². The SMILES string of the molecule is CC[C@H](CN(CC(F)(F)F)C(=O)CN)c1ccccc1F. The molecule has 0 bridgehead atoms. The molecule has 2 N–H and O–H groups in total. The number of carbonyl (C=O) groups is 1. The molecule has 1 aromatic carbocycles. The van der Waals surface area contributed by atoms with Crippen LogP contribution in [0.4, 0.5) is 17.6 Å². The van der Waals surface area contributed by atoms with Crippen LogP contribution in [0, 0.1) is 5.82 Å². The van der Waals surface area contributed by atoms with Gasteiger partial charge >= 0.3 is 6.18 Å². The van der Waals surface area contributed by atoms with Gasteiger partial charge in [0.05, 0.1) is 6.54 Å². The largest absolute Gasteiger partial charge is 0.406 e. The van der Waals surface area contributed by atoms with E-state index in [-0.39, 0.29) is 6.54 Å². The predicted molar refractivity (Wildman–Crippen MR) is 71.1 cm³/mol. The van der Waals surface area contributed by atoms with Crippen LogP contribution in [0.1, 0.15) is 24.8 Å². The van der Waals surface area contributed by atoms with Crippen LogP contribution in [0.25, 0.3) is 0 Å². The van der Waals surface area contributed by atoms with Gasteiger partial charge in [0.25, 0.3) is 0 Å². The van der Waals surface area contributed by atoms with Crippen molar-refractivity contribution in [3.63, 3.8) is 0 Å². The Kier molecular flexibility index (Phi) is 6.14. The van der Waals surface area contributed by atoms with Crippen molar-refractivity contribution in [2.75, 3.05) is 19.6 Å². The molecular formula is C14H18F4N2O. The molecule has 118 valence electrons. The van der Waals surface area contributed by atoms with Gasteiger partial charge in [0.15, 0.2) is 0 Å². The van der Waals surface area contributed by atoms with Crippen molar-refractivity contribution in [3.05, 3.63) is 35.6 Å². The highest BCUT2D eigenvalue weighted by molar-refractivity contribution is 5.78. The van der Waals surface area contributed by atoms with E-state index in [1.165, 1.54) is 18.2 Å². The molecular weight excluding hydrogens is 288 g/mol. The normalized spacial score (nSPS) is 13.0. The smallest absolute Gasteiger partial charge is 0.332 e. The minimum Gasteiger partial charge on any atom is -0.332 e. The second-order valence-electron chi connectivity index (χ2n) is 4.72. The zero-order valence-corrected chi connectivity index (χ0v) is 11.7. The summed E-state index contributed by atoms with van der Waals surface area (Å²) in [5.41, 5.74) is 5.45. The lowest BCUT2D eigenvalue weighted by atomic mass is 9.95. The lowest BCUT2D eigenvalue weighted by molar-refractivity contribution is -0.160. The first-order valence-corrected chi connectivity index (χ1v) is 6.57. The fourth-order valence-corrected chi connectivity index (χ4v) is 2.12. The third-order valence-corrected chi connectivity index (χ3v) is 3.18. The van der Waals surface area contributed by atoms with Crippen molar-refractivity contribution in [2.24, 2.45) is 5.73 Å². The molecule has 0 saturated heterocycles. The molecule has 0 aliphatic rings. The average Bonchev–Trinajstić information content (AvgIpc) is 2.42. The van der Waals surface area contributed by atoms with Gasteiger partial charge in [-0.3, -0.25) is 4.79 Å². The fourth-order valence-electron chi connectivity index (χ4n) is 2.12. The number of carbonyl (C=O) groups excluding carboxylic acids is 1. The van der Waals surface area contributed by atoms with E-state index in [0.29, 0.717) is 16.9 Å². The maximum atomic E-state index is 13.7. The monoisotopic (exact) mass is 306 g/mol. The highest BCUT2D eigenvalue weighted by Crippen LogP contribution is 2.25. The van der Waals surface area contributed by atoms with Crippen LogP contribution in [-0.4, -0.2) is 36.6 Å². The molecule has 7 heteroatoms. The standard InChI is InChI=1S/C14H18F4N2O/c1-2-10(11-5-3-4-6-12(11)15)8-20(13(21)7-19)9-14(16,17)18/h3-6,10H,2,7-9,19H2,1H3/t10-/m1/s1. The number of alkyl halides is 3. The van der Waals surface area contributed by atoms with Gasteiger partial charge in [0.1, 0.15) is 12.4 Å². The van der Waals surface area contributed by atoms with E-state index in [2.05, 4.69) is 0 Å². The first kappa shape index (κ1) is 17.4. The second-order valence-corrected chi connectivity index (χ2v) is 4.72. The third kappa shape index (κ3) is 5.34. The molecule has 0 aromatic heterocycles. The number of amides is 1. The molecule has 1 atom stereocenters. The molecule has 0 aliphatic carbocycles. The van der Waals surface area contributed by atoms with Crippen LogP contribution in [0.3, 0.4) is 0 Å². The molecule has 0 fully saturated rings. The van der Waals surface area contributed by atoms with E-state index < -0.39 is 36.9 Å². The lowest BCUT2D eigenvalue weighted by Crippen LogP contribution is -2.44. The Morgan fingerprint density at radius 3 is 2.43 bits per heavy atom. The molecule has 0 heterocycles.